The van der Waals surface area contributed by atoms with E-state index in [1.165, 1.54) is 41.7 Å². The van der Waals surface area contributed by atoms with Crippen molar-refractivity contribution in [3.63, 3.8) is 0 Å². The van der Waals surface area contributed by atoms with Gasteiger partial charge in [-0.2, -0.15) is 0 Å². The van der Waals surface area contributed by atoms with Crippen molar-refractivity contribution in [2.24, 2.45) is 33.7 Å². The molecule has 4 nitrogen and oxygen atoms in total. The summed E-state index contributed by atoms with van der Waals surface area (Å²) in [6.07, 6.45) is 11.8. The fourth-order valence-electron chi connectivity index (χ4n) is 9.52. The molecule has 0 spiro atoms. The molecule has 1 aromatic rings. The third kappa shape index (κ3) is 4.02. The molecule has 1 unspecified atom stereocenters. The molecule has 0 aromatic heterocycles. The third-order valence-corrected chi connectivity index (χ3v) is 11.4. The van der Waals surface area contributed by atoms with Gasteiger partial charge in [-0.1, -0.05) is 42.6 Å². The van der Waals surface area contributed by atoms with Gasteiger partial charge in [0, 0.05) is 24.7 Å². The molecular formula is C35H44N2O2. The molecule has 3 fully saturated rings. The van der Waals surface area contributed by atoms with Crippen molar-refractivity contribution >= 4 is 17.2 Å². The van der Waals surface area contributed by atoms with E-state index in [4.69, 9.17) is 0 Å². The Bertz CT molecular complexity index is 1300. The molecule has 39 heavy (non-hydrogen) atoms. The van der Waals surface area contributed by atoms with Crippen molar-refractivity contribution in [3.05, 3.63) is 52.6 Å². The lowest BCUT2D eigenvalue weighted by atomic mass is 9.47. The van der Waals surface area contributed by atoms with Gasteiger partial charge in [-0.15, -0.1) is 5.92 Å². The van der Waals surface area contributed by atoms with Crippen LogP contribution in [0.5, 0.6) is 0 Å². The van der Waals surface area contributed by atoms with Gasteiger partial charge in [0.25, 0.3) is 0 Å². The van der Waals surface area contributed by atoms with Crippen LogP contribution in [0, 0.1) is 40.4 Å². The number of Topliss-reactive ketones (excluding diaryl/α,β-unsaturated/α-hetero) is 1. The molecule has 4 heteroatoms. The highest BCUT2D eigenvalue weighted by atomic mass is 16.4. The zero-order valence-corrected chi connectivity index (χ0v) is 24.2. The lowest BCUT2D eigenvalue weighted by Crippen LogP contribution is -2.50. The predicted octanol–water partition coefficient (Wildman–Crippen LogP) is 7.68. The number of nitrogens with zero attached hydrogens (tertiary/aromatic N) is 2. The van der Waals surface area contributed by atoms with Crippen LogP contribution in [0.1, 0.15) is 97.0 Å². The molecule has 0 amide bonds. The normalized spacial score (nSPS) is 36.9. The summed E-state index contributed by atoms with van der Waals surface area (Å²) in [5.41, 5.74) is 7.32. The first-order valence-electron chi connectivity index (χ1n) is 15.3. The van der Waals surface area contributed by atoms with Crippen molar-refractivity contribution in [1.82, 2.24) is 0 Å². The lowest BCUT2D eigenvalue weighted by Gasteiger charge is -2.55. The van der Waals surface area contributed by atoms with Crippen LogP contribution in [0.25, 0.3) is 0 Å². The molecule has 0 radical (unpaired) electrons. The zero-order valence-electron chi connectivity index (χ0n) is 24.2. The van der Waals surface area contributed by atoms with E-state index in [-0.39, 0.29) is 17.1 Å². The number of oxime groups is 1. The van der Waals surface area contributed by atoms with Gasteiger partial charge in [0.1, 0.15) is 5.78 Å². The Morgan fingerprint density at radius 3 is 2.54 bits per heavy atom. The minimum absolute atomic E-state index is 0.153. The van der Waals surface area contributed by atoms with Crippen LogP contribution in [0.3, 0.4) is 0 Å². The molecule has 1 saturated heterocycles. The molecule has 6 atom stereocenters. The number of hydrogen-bond donors (Lipinski definition) is 1. The Morgan fingerprint density at radius 2 is 1.87 bits per heavy atom. The van der Waals surface area contributed by atoms with E-state index in [1.807, 2.05) is 6.92 Å². The van der Waals surface area contributed by atoms with E-state index in [0.717, 1.165) is 57.3 Å². The first kappa shape index (κ1) is 26.4. The first-order valence-corrected chi connectivity index (χ1v) is 15.3. The number of carbonyl (C=O) groups is 1. The summed E-state index contributed by atoms with van der Waals surface area (Å²) in [5, 5.41) is 13.2. The van der Waals surface area contributed by atoms with E-state index in [0.29, 0.717) is 17.8 Å². The Balaban J connectivity index is 1.49. The Hall–Kier alpha value is -2.80. The highest BCUT2D eigenvalue weighted by Crippen LogP contribution is 2.70. The molecule has 1 heterocycles. The standard InChI is InChI=1S/C35H44N2O2/c1-5-16-35(24(3)38)17-15-32-30-20-23(2)29-21-26(36-39)11-14-28(29)33(30)31(22-34(32,35)4)25-9-12-27(13-10-25)37-18-7-6-8-19-37/h9-10,12-13,21,23,30-32,39H,6-8,11,14-15,17-20,22H2,1-4H3/t23?,30-,31+,32-,34-,35+/m0/s1. The number of allylic oxidation sites excluding steroid dienone is 4. The van der Waals surface area contributed by atoms with Crippen LogP contribution < -0.4 is 4.90 Å². The van der Waals surface area contributed by atoms with Crippen LogP contribution in [-0.2, 0) is 4.79 Å². The van der Waals surface area contributed by atoms with Crippen LogP contribution in [-0.4, -0.2) is 29.8 Å². The Kier molecular flexibility index (Phi) is 6.77. The van der Waals surface area contributed by atoms with E-state index >= 15 is 0 Å². The number of rotatable bonds is 3. The second-order valence-corrected chi connectivity index (χ2v) is 13.2. The van der Waals surface area contributed by atoms with Crippen molar-refractivity contribution in [2.45, 2.75) is 91.4 Å². The number of fused-ring (bicyclic) bond motifs is 4. The van der Waals surface area contributed by atoms with Crippen molar-refractivity contribution in [2.75, 3.05) is 18.0 Å². The van der Waals surface area contributed by atoms with Crippen LogP contribution in [0.15, 0.2) is 52.2 Å². The molecule has 4 aliphatic carbocycles. The number of piperidine rings is 1. The largest absolute Gasteiger partial charge is 0.411 e. The molecule has 2 saturated carbocycles. The zero-order chi connectivity index (χ0) is 27.4. The summed E-state index contributed by atoms with van der Waals surface area (Å²) < 4.78 is 0. The maximum absolute atomic E-state index is 13.4. The van der Waals surface area contributed by atoms with Crippen LogP contribution in [0.2, 0.25) is 0 Å². The number of benzene rings is 1. The summed E-state index contributed by atoms with van der Waals surface area (Å²) in [6.45, 7) is 10.7. The quantitative estimate of drug-likeness (QED) is 0.251. The molecular weight excluding hydrogens is 480 g/mol. The maximum atomic E-state index is 13.4. The minimum Gasteiger partial charge on any atom is -0.411 e. The monoisotopic (exact) mass is 524 g/mol. The minimum atomic E-state index is -0.558. The van der Waals surface area contributed by atoms with Gasteiger partial charge in [0.05, 0.1) is 11.1 Å². The fourth-order valence-corrected chi connectivity index (χ4v) is 9.52. The summed E-state index contributed by atoms with van der Waals surface area (Å²) in [4.78, 5) is 16.0. The van der Waals surface area contributed by atoms with E-state index in [9.17, 15) is 10.0 Å². The molecule has 6 rings (SSSR count). The van der Waals surface area contributed by atoms with Crippen LogP contribution >= 0.6 is 0 Å². The molecule has 1 aliphatic heterocycles. The summed E-state index contributed by atoms with van der Waals surface area (Å²) in [6, 6.07) is 9.44. The third-order valence-electron chi connectivity index (χ3n) is 11.4. The summed E-state index contributed by atoms with van der Waals surface area (Å²) in [7, 11) is 0. The van der Waals surface area contributed by atoms with Gasteiger partial charge in [0.15, 0.2) is 0 Å². The van der Waals surface area contributed by atoms with E-state index < -0.39 is 5.41 Å². The Morgan fingerprint density at radius 1 is 1.13 bits per heavy atom. The Labute approximate surface area is 234 Å². The average Bonchev–Trinajstić information content (AvgIpc) is 3.26. The van der Waals surface area contributed by atoms with Gasteiger partial charge in [0.2, 0.25) is 0 Å². The summed E-state index contributed by atoms with van der Waals surface area (Å²) in [5.74, 6) is 8.59. The van der Waals surface area contributed by atoms with Gasteiger partial charge in [-0.3, -0.25) is 4.79 Å². The number of anilines is 1. The molecule has 1 aromatic carbocycles. The van der Waals surface area contributed by atoms with Crippen LogP contribution in [0.4, 0.5) is 5.69 Å². The van der Waals surface area contributed by atoms with E-state index in [1.54, 1.807) is 12.5 Å². The second-order valence-electron chi connectivity index (χ2n) is 13.2. The molecule has 0 bridgehead atoms. The average molecular weight is 525 g/mol. The number of carbonyl (C=O) groups excluding carboxylic acids is 1. The maximum Gasteiger partial charge on any atom is 0.148 e. The van der Waals surface area contributed by atoms with Crippen molar-refractivity contribution in [1.29, 1.82) is 0 Å². The highest BCUT2D eigenvalue weighted by molar-refractivity contribution is 5.97. The second kappa shape index (κ2) is 9.99. The SMILES string of the molecule is CC#C[C@]1(C(C)=O)CC[C@H]2[C@@H]3CC(C)C4=CC(=NO)CCC4=C3[C@@H](c3ccc(N4CCCCC4)cc3)C[C@@]21C. The smallest absolute Gasteiger partial charge is 0.148 e. The van der Waals surface area contributed by atoms with Crippen molar-refractivity contribution in [3.8, 4) is 11.8 Å². The summed E-state index contributed by atoms with van der Waals surface area (Å²) >= 11 is 0. The van der Waals surface area contributed by atoms with Crippen molar-refractivity contribution < 1.29 is 10.0 Å². The van der Waals surface area contributed by atoms with Gasteiger partial charge >= 0.3 is 0 Å². The topological polar surface area (TPSA) is 52.9 Å². The van der Waals surface area contributed by atoms with Gasteiger partial charge < -0.3 is 10.1 Å². The van der Waals surface area contributed by atoms with E-state index in [2.05, 4.69) is 66.1 Å². The van der Waals surface area contributed by atoms with Gasteiger partial charge in [-0.05, 0) is 130 Å². The number of ketones is 1. The molecule has 206 valence electrons. The first-order chi connectivity index (χ1) is 18.8. The van der Waals surface area contributed by atoms with Gasteiger partial charge in [-0.25, -0.2) is 0 Å². The molecule has 1 N–H and O–H groups in total. The number of hydrogen-bond acceptors (Lipinski definition) is 4. The fraction of sp³-hybridized carbons (Fsp3) is 0.600. The predicted molar refractivity (Wildman–Crippen MR) is 158 cm³/mol. The molecule has 5 aliphatic rings. The lowest BCUT2D eigenvalue weighted by molar-refractivity contribution is -0.130. The highest BCUT2D eigenvalue weighted by Gasteiger charge is 2.65.